The molecule has 114 valence electrons. The van der Waals surface area contributed by atoms with E-state index in [0.717, 1.165) is 19.3 Å². The van der Waals surface area contributed by atoms with Crippen LogP contribution in [0, 0.1) is 11.5 Å². The SMILES string of the molecule is CCCC[C@H](C#C[Si](C)(C)C)OC(=O)Oc1ccccc1. The van der Waals surface area contributed by atoms with E-state index in [2.05, 4.69) is 38.0 Å². The van der Waals surface area contributed by atoms with Crippen molar-refractivity contribution in [1.29, 1.82) is 0 Å². The molecule has 0 heterocycles. The van der Waals surface area contributed by atoms with Gasteiger partial charge < -0.3 is 9.47 Å². The summed E-state index contributed by atoms with van der Waals surface area (Å²) in [5, 5.41) is 0. The third-order valence-electron chi connectivity index (χ3n) is 2.61. The lowest BCUT2D eigenvalue weighted by Crippen LogP contribution is -2.22. The molecule has 3 nitrogen and oxygen atoms in total. The van der Waals surface area contributed by atoms with Gasteiger partial charge in [0.1, 0.15) is 13.8 Å². The fourth-order valence-electron chi connectivity index (χ4n) is 1.57. The highest BCUT2D eigenvalue weighted by atomic mass is 28.3. The van der Waals surface area contributed by atoms with E-state index in [1.54, 1.807) is 12.1 Å². The second-order valence-electron chi connectivity index (χ2n) is 5.93. The van der Waals surface area contributed by atoms with Gasteiger partial charge in [-0.15, -0.1) is 5.54 Å². The molecule has 0 fully saturated rings. The van der Waals surface area contributed by atoms with Crippen LogP contribution in [0.15, 0.2) is 30.3 Å². The average Bonchev–Trinajstić information content (AvgIpc) is 2.42. The first-order valence-electron chi connectivity index (χ1n) is 7.37. The number of hydrogen-bond acceptors (Lipinski definition) is 3. The number of carbonyl (C=O) groups is 1. The Labute approximate surface area is 128 Å². The van der Waals surface area contributed by atoms with Crippen molar-refractivity contribution in [2.45, 2.75) is 51.9 Å². The summed E-state index contributed by atoms with van der Waals surface area (Å²) in [6.07, 6.45) is 1.70. The van der Waals surface area contributed by atoms with Crippen LogP contribution in [-0.2, 0) is 4.74 Å². The van der Waals surface area contributed by atoms with Gasteiger partial charge in [-0.05, 0) is 25.0 Å². The van der Waals surface area contributed by atoms with E-state index >= 15 is 0 Å². The minimum Gasteiger partial charge on any atom is -0.417 e. The molecule has 0 N–H and O–H groups in total. The summed E-state index contributed by atoms with van der Waals surface area (Å²) < 4.78 is 10.5. The fourth-order valence-corrected chi connectivity index (χ4v) is 2.17. The quantitative estimate of drug-likeness (QED) is 0.344. The van der Waals surface area contributed by atoms with Gasteiger partial charge in [0.05, 0.1) is 0 Å². The smallest absolute Gasteiger partial charge is 0.417 e. The molecule has 0 aliphatic carbocycles. The Balaban J connectivity index is 2.62. The molecular weight excluding hydrogens is 280 g/mol. The van der Waals surface area contributed by atoms with Crippen LogP contribution in [0.4, 0.5) is 4.79 Å². The third-order valence-corrected chi connectivity index (χ3v) is 3.51. The number of benzene rings is 1. The van der Waals surface area contributed by atoms with Gasteiger partial charge in [0.25, 0.3) is 0 Å². The normalized spacial score (nSPS) is 12.0. The Morgan fingerprint density at radius 1 is 1.24 bits per heavy atom. The molecule has 0 saturated heterocycles. The largest absolute Gasteiger partial charge is 0.515 e. The van der Waals surface area contributed by atoms with E-state index in [0.29, 0.717) is 5.75 Å². The van der Waals surface area contributed by atoms with Gasteiger partial charge in [-0.1, -0.05) is 57.1 Å². The summed E-state index contributed by atoms with van der Waals surface area (Å²) in [5.41, 5.74) is 3.26. The van der Waals surface area contributed by atoms with Crippen molar-refractivity contribution in [2.75, 3.05) is 0 Å². The van der Waals surface area contributed by atoms with Crippen LogP contribution < -0.4 is 4.74 Å². The van der Waals surface area contributed by atoms with Crippen molar-refractivity contribution in [3.63, 3.8) is 0 Å². The first-order chi connectivity index (χ1) is 9.90. The van der Waals surface area contributed by atoms with Crippen LogP contribution >= 0.6 is 0 Å². The Morgan fingerprint density at radius 3 is 2.48 bits per heavy atom. The van der Waals surface area contributed by atoms with Crippen LogP contribution in [0.1, 0.15) is 26.2 Å². The number of rotatable bonds is 5. The lowest BCUT2D eigenvalue weighted by Gasteiger charge is -2.13. The minimum absolute atomic E-state index is 0.382. The van der Waals surface area contributed by atoms with E-state index in [1.807, 2.05) is 18.2 Å². The van der Waals surface area contributed by atoms with Crippen molar-refractivity contribution in [3.05, 3.63) is 30.3 Å². The predicted molar refractivity (Wildman–Crippen MR) is 88.0 cm³/mol. The van der Waals surface area contributed by atoms with Gasteiger partial charge >= 0.3 is 6.16 Å². The van der Waals surface area contributed by atoms with Gasteiger partial charge in [-0.2, -0.15) is 0 Å². The van der Waals surface area contributed by atoms with E-state index < -0.39 is 14.2 Å². The van der Waals surface area contributed by atoms with Crippen LogP contribution in [-0.4, -0.2) is 20.3 Å². The number of hydrogen-bond donors (Lipinski definition) is 0. The number of carbonyl (C=O) groups excluding carboxylic acids is 1. The first-order valence-corrected chi connectivity index (χ1v) is 10.9. The van der Waals surface area contributed by atoms with Crippen molar-refractivity contribution >= 4 is 14.2 Å². The summed E-state index contributed by atoms with van der Waals surface area (Å²) >= 11 is 0. The Bertz CT molecular complexity index is 494. The van der Waals surface area contributed by atoms with Crippen LogP contribution in [0.2, 0.25) is 19.6 Å². The molecule has 1 rings (SSSR count). The van der Waals surface area contributed by atoms with Crippen molar-refractivity contribution in [1.82, 2.24) is 0 Å². The molecule has 0 radical (unpaired) electrons. The molecule has 1 aromatic carbocycles. The average molecular weight is 304 g/mol. The molecular formula is C17H24O3Si. The monoisotopic (exact) mass is 304 g/mol. The molecule has 0 unspecified atom stereocenters. The molecule has 0 aromatic heterocycles. The highest BCUT2D eigenvalue weighted by molar-refractivity contribution is 6.83. The van der Waals surface area contributed by atoms with E-state index in [9.17, 15) is 4.79 Å². The molecule has 0 bridgehead atoms. The second kappa shape index (κ2) is 8.53. The Morgan fingerprint density at radius 2 is 1.90 bits per heavy atom. The van der Waals surface area contributed by atoms with Gasteiger partial charge in [0.15, 0.2) is 6.10 Å². The van der Waals surface area contributed by atoms with E-state index in [1.165, 1.54) is 0 Å². The summed E-state index contributed by atoms with van der Waals surface area (Å²) in [5.74, 6) is 3.58. The van der Waals surface area contributed by atoms with Crippen molar-refractivity contribution < 1.29 is 14.3 Å². The Hall–Kier alpha value is -1.73. The third kappa shape index (κ3) is 8.21. The summed E-state index contributed by atoms with van der Waals surface area (Å²) in [6, 6.07) is 8.91. The summed E-state index contributed by atoms with van der Waals surface area (Å²) in [4.78, 5) is 11.8. The molecule has 21 heavy (non-hydrogen) atoms. The maximum Gasteiger partial charge on any atom is 0.515 e. The second-order valence-corrected chi connectivity index (χ2v) is 10.7. The maximum atomic E-state index is 11.8. The Kier molecular flexibility index (Phi) is 7.04. The zero-order valence-corrected chi connectivity index (χ0v) is 14.3. The standard InChI is InChI=1S/C17H24O3Si/c1-5-6-10-16(13-14-21(2,3)4)20-17(18)19-15-11-8-7-9-12-15/h7-9,11-12,16H,5-6,10H2,1-4H3/t16-/m1/s1. The van der Waals surface area contributed by atoms with Gasteiger partial charge in [0, 0.05) is 0 Å². The highest BCUT2D eigenvalue weighted by Gasteiger charge is 2.15. The molecule has 1 atom stereocenters. The zero-order chi connectivity index (χ0) is 15.7. The molecule has 1 aromatic rings. The number of ether oxygens (including phenoxy) is 2. The van der Waals surface area contributed by atoms with E-state index in [4.69, 9.17) is 9.47 Å². The lowest BCUT2D eigenvalue weighted by molar-refractivity contribution is 0.0757. The van der Waals surface area contributed by atoms with Crippen LogP contribution in [0.5, 0.6) is 5.75 Å². The van der Waals surface area contributed by atoms with Crippen molar-refractivity contribution in [2.24, 2.45) is 0 Å². The lowest BCUT2D eigenvalue weighted by atomic mass is 10.2. The van der Waals surface area contributed by atoms with Gasteiger partial charge in [0.2, 0.25) is 0 Å². The maximum absolute atomic E-state index is 11.8. The van der Waals surface area contributed by atoms with Crippen LogP contribution in [0.25, 0.3) is 0 Å². The van der Waals surface area contributed by atoms with Crippen molar-refractivity contribution in [3.8, 4) is 17.2 Å². The van der Waals surface area contributed by atoms with Gasteiger partial charge in [-0.3, -0.25) is 0 Å². The fraction of sp³-hybridized carbons (Fsp3) is 0.471. The summed E-state index contributed by atoms with van der Waals surface area (Å²) in [7, 11) is -1.48. The number of para-hydroxylation sites is 1. The number of unbranched alkanes of at least 4 members (excludes halogenated alkanes) is 1. The zero-order valence-electron chi connectivity index (χ0n) is 13.3. The molecule has 0 aliphatic rings. The molecule has 0 aliphatic heterocycles. The van der Waals surface area contributed by atoms with E-state index in [-0.39, 0.29) is 6.10 Å². The van der Waals surface area contributed by atoms with Gasteiger partial charge in [-0.25, -0.2) is 4.79 Å². The first kappa shape index (κ1) is 17.3. The summed E-state index contributed by atoms with van der Waals surface area (Å²) in [6.45, 7) is 8.60. The minimum atomic E-state index is -1.48. The molecule has 0 saturated carbocycles. The highest BCUT2D eigenvalue weighted by Crippen LogP contribution is 2.12. The van der Waals surface area contributed by atoms with Crippen LogP contribution in [0.3, 0.4) is 0 Å². The molecule has 4 heteroatoms. The predicted octanol–water partition coefficient (Wildman–Crippen LogP) is 4.64. The molecule has 0 amide bonds. The topological polar surface area (TPSA) is 35.5 Å². The molecule has 0 spiro atoms.